The van der Waals surface area contributed by atoms with Crippen LogP contribution in [0, 0.1) is 0 Å². The molecule has 0 fully saturated rings. The van der Waals surface area contributed by atoms with E-state index in [-0.39, 0.29) is 5.91 Å². The van der Waals surface area contributed by atoms with E-state index in [2.05, 4.69) is 21.7 Å². The van der Waals surface area contributed by atoms with Crippen LogP contribution in [0.25, 0.3) is 0 Å². The highest BCUT2D eigenvalue weighted by Gasteiger charge is 2.09. The highest BCUT2D eigenvalue weighted by atomic mass is 16.5. The number of hydrogen-bond donors (Lipinski definition) is 2. The van der Waals surface area contributed by atoms with Gasteiger partial charge in [-0.05, 0) is 60.5 Å². The summed E-state index contributed by atoms with van der Waals surface area (Å²) < 4.78 is 10.4. The van der Waals surface area contributed by atoms with E-state index in [1.54, 1.807) is 50.7 Å². The highest BCUT2D eigenvalue weighted by molar-refractivity contribution is 6.03. The predicted octanol–water partition coefficient (Wildman–Crippen LogP) is 4.01. The summed E-state index contributed by atoms with van der Waals surface area (Å²) in [5, 5.41) is 6.16. The lowest BCUT2D eigenvalue weighted by Gasteiger charge is -2.09. The summed E-state index contributed by atoms with van der Waals surface area (Å²) in [6, 6.07) is 18.7. The molecular formula is C22H23N3O3. The highest BCUT2D eigenvalue weighted by Crippen LogP contribution is 2.17. The summed E-state index contributed by atoms with van der Waals surface area (Å²) in [6.45, 7) is 0.733. The van der Waals surface area contributed by atoms with E-state index >= 15 is 0 Å². The van der Waals surface area contributed by atoms with Crippen LogP contribution in [0.4, 0.5) is 11.4 Å². The molecule has 2 aromatic carbocycles. The van der Waals surface area contributed by atoms with E-state index in [4.69, 9.17) is 9.47 Å². The lowest BCUT2D eigenvalue weighted by Crippen LogP contribution is -2.14. The Hall–Kier alpha value is -3.54. The first kappa shape index (κ1) is 19.2. The number of aromatic nitrogens is 1. The third-order valence-electron chi connectivity index (χ3n) is 4.22. The molecule has 0 aliphatic carbocycles. The van der Waals surface area contributed by atoms with E-state index in [9.17, 15) is 4.79 Å². The van der Waals surface area contributed by atoms with Crippen LogP contribution < -0.4 is 20.1 Å². The number of amides is 1. The van der Waals surface area contributed by atoms with Gasteiger partial charge >= 0.3 is 0 Å². The number of ether oxygens (including phenoxy) is 2. The van der Waals surface area contributed by atoms with Crippen molar-refractivity contribution in [3.05, 3.63) is 78.1 Å². The first-order valence-corrected chi connectivity index (χ1v) is 8.96. The summed E-state index contributed by atoms with van der Waals surface area (Å²) in [5.74, 6) is 1.32. The largest absolute Gasteiger partial charge is 0.497 e. The molecule has 3 rings (SSSR count). The maximum Gasteiger partial charge on any atom is 0.274 e. The van der Waals surface area contributed by atoms with Crippen LogP contribution >= 0.6 is 0 Å². The topological polar surface area (TPSA) is 72.5 Å². The van der Waals surface area contributed by atoms with Crippen molar-refractivity contribution in [3.63, 3.8) is 0 Å². The molecule has 6 heteroatoms. The number of carbonyl (C=O) groups is 1. The molecule has 28 heavy (non-hydrogen) atoms. The van der Waals surface area contributed by atoms with Crippen molar-refractivity contribution in [1.29, 1.82) is 0 Å². The molecule has 0 aliphatic heterocycles. The molecular weight excluding hydrogens is 354 g/mol. The van der Waals surface area contributed by atoms with Crippen LogP contribution in [0.3, 0.4) is 0 Å². The van der Waals surface area contributed by atoms with Gasteiger partial charge in [-0.1, -0.05) is 12.1 Å². The van der Waals surface area contributed by atoms with Crippen molar-refractivity contribution >= 4 is 17.3 Å². The molecule has 0 saturated heterocycles. The fourth-order valence-electron chi connectivity index (χ4n) is 2.71. The number of rotatable bonds is 8. The predicted molar refractivity (Wildman–Crippen MR) is 110 cm³/mol. The van der Waals surface area contributed by atoms with Crippen molar-refractivity contribution in [2.24, 2.45) is 0 Å². The minimum Gasteiger partial charge on any atom is -0.497 e. The second kappa shape index (κ2) is 9.41. The van der Waals surface area contributed by atoms with Gasteiger partial charge < -0.3 is 20.1 Å². The average Bonchev–Trinajstić information content (AvgIpc) is 2.74. The molecule has 2 N–H and O–H groups in total. The molecule has 3 aromatic rings. The number of methoxy groups -OCH3 is 2. The Labute approximate surface area is 164 Å². The molecule has 144 valence electrons. The standard InChI is InChI=1S/C22H23N3O3/c1-27-19-8-6-17(7-9-19)25-22(26)21-15-18(11-13-24-21)23-12-10-16-4-3-5-20(14-16)28-2/h3-9,11,13-15H,10,12H2,1-2H3,(H,23,24)(H,25,26). The van der Waals surface area contributed by atoms with Gasteiger partial charge in [0.2, 0.25) is 0 Å². The Kier molecular flexibility index (Phi) is 6.46. The molecule has 1 amide bonds. The summed E-state index contributed by atoms with van der Waals surface area (Å²) in [7, 11) is 3.26. The molecule has 1 heterocycles. The lowest BCUT2D eigenvalue weighted by molar-refractivity contribution is 0.102. The van der Waals surface area contributed by atoms with E-state index < -0.39 is 0 Å². The van der Waals surface area contributed by atoms with Gasteiger partial charge in [-0.25, -0.2) is 0 Å². The Morgan fingerprint density at radius 2 is 1.71 bits per heavy atom. The van der Waals surface area contributed by atoms with Crippen LogP contribution in [0.1, 0.15) is 16.1 Å². The number of anilines is 2. The molecule has 0 atom stereocenters. The van der Waals surface area contributed by atoms with Crippen molar-refractivity contribution in [2.75, 3.05) is 31.4 Å². The van der Waals surface area contributed by atoms with Crippen molar-refractivity contribution in [2.45, 2.75) is 6.42 Å². The van der Waals surface area contributed by atoms with Gasteiger partial charge in [0.1, 0.15) is 17.2 Å². The van der Waals surface area contributed by atoms with Crippen LogP contribution in [0.15, 0.2) is 66.9 Å². The minimum atomic E-state index is -0.262. The molecule has 1 aromatic heterocycles. The Morgan fingerprint density at radius 1 is 0.929 bits per heavy atom. The zero-order chi connectivity index (χ0) is 19.8. The zero-order valence-electron chi connectivity index (χ0n) is 15.9. The van der Waals surface area contributed by atoms with Crippen LogP contribution in [0.5, 0.6) is 11.5 Å². The summed E-state index contributed by atoms with van der Waals surface area (Å²) in [4.78, 5) is 16.6. The third kappa shape index (κ3) is 5.23. The number of pyridine rings is 1. The zero-order valence-corrected chi connectivity index (χ0v) is 15.9. The molecule has 0 aliphatic rings. The van der Waals surface area contributed by atoms with E-state index in [0.29, 0.717) is 11.4 Å². The quantitative estimate of drug-likeness (QED) is 0.621. The third-order valence-corrected chi connectivity index (χ3v) is 4.22. The van der Waals surface area contributed by atoms with Gasteiger partial charge in [0.25, 0.3) is 5.91 Å². The molecule has 0 saturated carbocycles. The number of carbonyl (C=O) groups excluding carboxylic acids is 1. The number of benzene rings is 2. The first-order chi connectivity index (χ1) is 13.7. The fourth-order valence-corrected chi connectivity index (χ4v) is 2.71. The number of hydrogen-bond acceptors (Lipinski definition) is 5. The first-order valence-electron chi connectivity index (χ1n) is 8.96. The molecule has 0 spiro atoms. The van der Waals surface area contributed by atoms with Crippen LogP contribution in [-0.4, -0.2) is 31.7 Å². The van der Waals surface area contributed by atoms with Gasteiger partial charge in [0.15, 0.2) is 0 Å². The average molecular weight is 377 g/mol. The van der Waals surface area contributed by atoms with E-state index in [0.717, 1.165) is 30.2 Å². The molecule has 6 nitrogen and oxygen atoms in total. The van der Waals surface area contributed by atoms with Gasteiger partial charge in [0, 0.05) is 24.1 Å². The smallest absolute Gasteiger partial charge is 0.274 e. The van der Waals surface area contributed by atoms with Crippen molar-refractivity contribution in [1.82, 2.24) is 4.98 Å². The lowest BCUT2D eigenvalue weighted by atomic mass is 10.1. The number of nitrogens with one attached hydrogen (secondary N) is 2. The fraction of sp³-hybridized carbons (Fsp3) is 0.182. The van der Waals surface area contributed by atoms with Crippen LogP contribution in [0.2, 0.25) is 0 Å². The molecule has 0 unspecified atom stereocenters. The monoisotopic (exact) mass is 377 g/mol. The SMILES string of the molecule is COc1ccc(NC(=O)c2cc(NCCc3cccc(OC)c3)ccn2)cc1. The minimum absolute atomic E-state index is 0.262. The van der Waals surface area contributed by atoms with E-state index in [1.807, 2.05) is 24.3 Å². The van der Waals surface area contributed by atoms with Gasteiger partial charge in [-0.2, -0.15) is 0 Å². The number of nitrogens with zero attached hydrogens (tertiary/aromatic N) is 1. The second-order valence-corrected chi connectivity index (χ2v) is 6.14. The van der Waals surface area contributed by atoms with Gasteiger partial charge in [-0.15, -0.1) is 0 Å². The molecule has 0 bridgehead atoms. The summed E-state index contributed by atoms with van der Waals surface area (Å²) in [6.07, 6.45) is 2.46. The summed E-state index contributed by atoms with van der Waals surface area (Å²) >= 11 is 0. The second-order valence-electron chi connectivity index (χ2n) is 6.14. The van der Waals surface area contributed by atoms with Crippen molar-refractivity contribution < 1.29 is 14.3 Å². The van der Waals surface area contributed by atoms with Gasteiger partial charge in [-0.3, -0.25) is 9.78 Å². The van der Waals surface area contributed by atoms with E-state index in [1.165, 1.54) is 5.56 Å². The normalized spacial score (nSPS) is 10.2. The Balaban J connectivity index is 1.57. The van der Waals surface area contributed by atoms with Crippen molar-refractivity contribution in [3.8, 4) is 11.5 Å². The van der Waals surface area contributed by atoms with Gasteiger partial charge in [0.05, 0.1) is 14.2 Å². The Bertz CT molecular complexity index is 926. The summed E-state index contributed by atoms with van der Waals surface area (Å²) in [5.41, 5.74) is 3.06. The maximum absolute atomic E-state index is 12.4. The Morgan fingerprint density at radius 3 is 2.46 bits per heavy atom. The van der Waals surface area contributed by atoms with Crippen LogP contribution in [-0.2, 0) is 6.42 Å². The maximum atomic E-state index is 12.4. The molecule has 0 radical (unpaired) electrons.